The van der Waals surface area contributed by atoms with Gasteiger partial charge in [0.1, 0.15) is 0 Å². The van der Waals surface area contributed by atoms with Gasteiger partial charge >= 0.3 is 0 Å². The van der Waals surface area contributed by atoms with E-state index in [-0.39, 0.29) is 31.2 Å². The molecule has 11 nitrogen and oxygen atoms in total. The minimum absolute atomic E-state index is 0.0334. The number of aromatic nitrogens is 3. The van der Waals surface area contributed by atoms with E-state index in [9.17, 15) is 9.59 Å². The van der Waals surface area contributed by atoms with Gasteiger partial charge in [-0.2, -0.15) is 0 Å². The van der Waals surface area contributed by atoms with E-state index in [0.717, 1.165) is 0 Å². The van der Waals surface area contributed by atoms with Crippen molar-refractivity contribution < 1.29 is 19.3 Å². The Morgan fingerprint density at radius 2 is 1.91 bits per heavy atom. The molecule has 0 spiro atoms. The fourth-order valence-corrected chi connectivity index (χ4v) is 1.99. The molecule has 1 aliphatic heterocycles. The molecule has 1 unspecified atom stereocenters. The molecule has 1 aromatic heterocycles. The van der Waals surface area contributed by atoms with E-state index in [2.05, 4.69) is 40.4 Å². The van der Waals surface area contributed by atoms with Crippen LogP contribution in [-0.4, -0.2) is 52.1 Å². The van der Waals surface area contributed by atoms with Crippen molar-refractivity contribution in [3.8, 4) is 0 Å². The molecule has 124 valence electrons. The highest BCUT2D eigenvalue weighted by atomic mass is 31.0. The molecule has 0 bridgehead atoms. The minimum Gasteiger partial charge on any atom is -0.354 e. The standard InChI is InChI=1S/C11H16N7O4P/c1-6-9-3-7(11(20)16-23)14-21-5-22-15-8(10(19)12-2)4-18(9)17-13-6/h3-5,23H2,1-2H3,(H,12,19)(H,16,20)/b14-7+,15-8+. The van der Waals surface area contributed by atoms with Gasteiger partial charge in [0.2, 0.25) is 0 Å². The zero-order valence-corrected chi connectivity index (χ0v) is 13.7. The van der Waals surface area contributed by atoms with Gasteiger partial charge in [0.25, 0.3) is 18.6 Å². The summed E-state index contributed by atoms with van der Waals surface area (Å²) >= 11 is 0. The van der Waals surface area contributed by atoms with Crippen molar-refractivity contribution >= 4 is 32.6 Å². The molecule has 0 saturated heterocycles. The molecular formula is C11H16N7O4P. The Morgan fingerprint density at radius 3 is 2.57 bits per heavy atom. The Labute approximate surface area is 133 Å². The predicted octanol–water partition coefficient (Wildman–Crippen LogP) is -1.50. The zero-order chi connectivity index (χ0) is 16.8. The maximum absolute atomic E-state index is 11.9. The Morgan fingerprint density at radius 1 is 1.22 bits per heavy atom. The highest BCUT2D eigenvalue weighted by Gasteiger charge is 2.21. The van der Waals surface area contributed by atoms with Crippen LogP contribution in [0.4, 0.5) is 0 Å². The number of hydrogen-bond donors (Lipinski definition) is 2. The molecule has 1 atom stereocenters. The van der Waals surface area contributed by atoms with E-state index >= 15 is 0 Å². The zero-order valence-electron chi connectivity index (χ0n) is 12.6. The van der Waals surface area contributed by atoms with Crippen molar-refractivity contribution in [2.75, 3.05) is 13.8 Å². The van der Waals surface area contributed by atoms with Gasteiger partial charge in [-0.15, -0.1) is 5.10 Å². The number of amides is 2. The van der Waals surface area contributed by atoms with Crippen molar-refractivity contribution in [1.82, 2.24) is 25.4 Å². The van der Waals surface area contributed by atoms with Crippen LogP contribution < -0.4 is 10.4 Å². The Bertz CT molecular complexity index is 669. The van der Waals surface area contributed by atoms with E-state index in [4.69, 9.17) is 9.68 Å². The molecule has 2 N–H and O–H groups in total. The normalized spacial score (nSPS) is 19.4. The maximum atomic E-state index is 11.9. The average Bonchev–Trinajstić information content (AvgIpc) is 2.88. The van der Waals surface area contributed by atoms with Crippen molar-refractivity contribution in [3.63, 3.8) is 0 Å². The first kappa shape index (κ1) is 16.8. The molecule has 23 heavy (non-hydrogen) atoms. The van der Waals surface area contributed by atoms with Crippen LogP contribution in [0.25, 0.3) is 0 Å². The maximum Gasteiger partial charge on any atom is 0.280 e. The molecule has 2 rings (SSSR count). The molecule has 1 aliphatic rings. The number of carbonyl (C=O) groups is 2. The lowest BCUT2D eigenvalue weighted by Gasteiger charge is -2.08. The van der Waals surface area contributed by atoms with Gasteiger partial charge in [-0.25, -0.2) is 4.68 Å². The summed E-state index contributed by atoms with van der Waals surface area (Å²) in [5, 5.41) is 20.2. The van der Waals surface area contributed by atoms with Crippen LogP contribution in [0.3, 0.4) is 0 Å². The lowest BCUT2D eigenvalue weighted by Crippen LogP contribution is -2.32. The Kier molecular flexibility index (Phi) is 5.58. The summed E-state index contributed by atoms with van der Waals surface area (Å²) in [5.74, 6) is -0.860. The van der Waals surface area contributed by atoms with Crippen LogP contribution in [0.1, 0.15) is 11.4 Å². The molecule has 12 heteroatoms. The number of nitrogens with one attached hydrogen (secondary N) is 2. The van der Waals surface area contributed by atoms with Crippen molar-refractivity contribution in [1.29, 1.82) is 0 Å². The summed E-state index contributed by atoms with van der Waals surface area (Å²) in [6.07, 6.45) is 0.125. The first-order valence-electron chi connectivity index (χ1n) is 6.56. The summed E-state index contributed by atoms with van der Waals surface area (Å²) in [4.78, 5) is 33.5. The van der Waals surface area contributed by atoms with Crippen molar-refractivity contribution in [2.24, 2.45) is 10.3 Å². The van der Waals surface area contributed by atoms with Gasteiger partial charge in [-0.1, -0.05) is 15.5 Å². The molecule has 0 radical (unpaired) electrons. The van der Waals surface area contributed by atoms with Gasteiger partial charge in [0.05, 0.1) is 17.9 Å². The second kappa shape index (κ2) is 7.63. The fraction of sp³-hybridized carbons (Fsp3) is 0.455. The van der Waals surface area contributed by atoms with E-state index in [1.807, 2.05) is 0 Å². The number of fused-ring (bicyclic) bond motifs is 1. The van der Waals surface area contributed by atoms with E-state index in [1.165, 1.54) is 11.7 Å². The number of nitrogens with zero attached hydrogens (tertiary/aromatic N) is 5. The second-order valence-corrected chi connectivity index (χ2v) is 4.75. The van der Waals surface area contributed by atoms with Crippen LogP contribution in [-0.2, 0) is 32.2 Å². The topological polar surface area (TPSA) is 132 Å². The molecule has 0 fully saturated rings. The molecule has 0 saturated carbocycles. The molecule has 2 amide bonds. The number of hydrogen-bond acceptors (Lipinski definition) is 8. The third kappa shape index (κ3) is 4.01. The van der Waals surface area contributed by atoms with Gasteiger partial charge in [-0.05, 0) is 16.3 Å². The number of rotatable bonds is 2. The van der Waals surface area contributed by atoms with Crippen LogP contribution in [0.2, 0.25) is 0 Å². The lowest BCUT2D eigenvalue weighted by atomic mass is 10.1. The number of carbonyl (C=O) groups excluding carboxylic acids is 2. The predicted molar refractivity (Wildman–Crippen MR) is 82.3 cm³/mol. The summed E-state index contributed by atoms with van der Waals surface area (Å²) in [6, 6.07) is 0. The van der Waals surface area contributed by atoms with Crippen LogP contribution >= 0.6 is 9.39 Å². The highest BCUT2D eigenvalue weighted by Crippen LogP contribution is 2.09. The van der Waals surface area contributed by atoms with Gasteiger partial charge < -0.3 is 20.1 Å². The van der Waals surface area contributed by atoms with Crippen LogP contribution in [0.15, 0.2) is 10.3 Å². The second-order valence-electron chi connectivity index (χ2n) is 4.46. The summed E-state index contributed by atoms with van der Waals surface area (Å²) in [5.41, 5.74) is 1.41. The fourth-order valence-electron chi connectivity index (χ4n) is 1.82. The average molecular weight is 341 g/mol. The monoisotopic (exact) mass is 341 g/mol. The van der Waals surface area contributed by atoms with Gasteiger partial charge in [0.15, 0.2) is 11.4 Å². The first-order valence-corrected chi connectivity index (χ1v) is 7.14. The smallest absolute Gasteiger partial charge is 0.280 e. The largest absolute Gasteiger partial charge is 0.354 e. The molecule has 0 aliphatic carbocycles. The summed E-state index contributed by atoms with van der Waals surface area (Å²) < 4.78 is 1.46. The molecule has 0 aromatic carbocycles. The quantitative estimate of drug-likeness (QED) is 0.629. The lowest BCUT2D eigenvalue weighted by molar-refractivity contribution is -0.115. The van der Waals surface area contributed by atoms with Crippen molar-refractivity contribution in [3.05, 3.63) is 11.4 Å². The van der Waals surface area contributed by atoms with E-state index in [1.54, 1.807) is 6.92 Å². The number of oxime groups is 2. The van der Waals surface area contributed by atoms with Crippen molar-refractivity contribution in [2.45, 2.75) is 19.9 Å². The van der Waals surface area contributed by atoms with Gasteiger partial charge in [0, 0.05) is 13.5 Å². The Balaban J connectivity index is 2.39. The molecular weight excluding hydrogens is 325 g/mol. The SMILES string of the molecule is CNC(=O)/C1=N/OCO/N=C(/C(=O)NP)Cc2c(C)nnn2C1. The summed E-state index contributed by atoms with van der Waals surface area (Å²) in [6.45, 7) is 1.43. The Hall–Kier alpha value is -2.55. The minimum atomic E-state index is -0.436. The third-order valence-corrected chi connectivity index (χ3v) is 3.27. The summed E-state index contributed by atoms with van der Waals surface area (Å²) in [7, 11) is 3.57. The highest BCUT2D eigenvalue weighted by molar-refractivity contribution is 7.15. The third-order valence-electron chi connectivity index (χ3n) is 3.00. The van der Waals surface area contributed by atoms with Gasteiger partial charge in [-0.3, -0.25) is 9.59 Å². The number of aryl methyl sites for hydroxylation is 1. The molecule has 2 heterocycles. The molecule has 1 aromatic rings. The van der Waals surface area contributed by atoms with E-state index < -0.39 is 11.8 Å². The van der Waals surface area contributed by atoms with Crippen LogP contribution in [0, 0.1) is 6.92 Å². The first-order chi connectivity index (χ1) is 11.1. The van der Waals surface area contributed by atoms with Crippen LogP contribution in [0.5, 0.6) is 0 Å². The van der Waals surface area contributed by atoms with E-state index in [0.29, 0.717) is 11.4 Å².